The van der Waals surface area contributed by atoms with E-state index >= 15 is 0 Å². The molecule has 2 aliphatic heterocycles. The molecule has 2 aromatic rings. The first-order valence-electron chi connectivity index (χ1n) is 14.2. The van der Waals surface area contributed by atoms with E-state index in [2.05, 4.69) is 5.32 Å². The summed E-state index contributed by atoms with van der Waals surface area (Å²) in [6, 6.07) is 15.1. The maximum Gasteiger partial charge on any atom is 0.309 e. The van der Waals surface area contributed by atoms with Crippen LogP contribution in [0.5, 0.6) is 0 Å². The molecule has 0 aliphatic carbocycles. The highest BCUT2D eigenvalue weighted by Gasteiger charge is 2.35. The number of fused-ring (bicyclic) bond motifs is 1. The van der Waals surface area contributed by atoms with E-state index in [9.17, 15) is 23.9 Å². The van der Waals surface area contributed by atoms with Crippen LogP contribution in [0.25, 0.3) is 0 Å². The van der Waals surface area contributed by atoms with Gasteiger partial charge in [0.05, 0.1) is 30.5 Å². The molecule has 0 spiro atoms. The summed E-state index contributed by atoms with van der Waals surface area (Å²) in [7, 11) is 0. The van der Waals surface area contributed by atoms with Crippen molar-refractivity contribution >= 4 is 17.8 Å². The molecule has 2 N–H and O–H groups in total. The van der Waals surface area contributed by atoms with Crippen molar-refractivity contribution in [3.63, 3.8) is 0 Å². The average molecular weight is 551 g/mol. The second-order valence-corrected chi connectivity index (χ2v) is 10.8. The molecule has 0 aromatic heterocycles. The Kier molecular flexibility index (Phi) is 10.9. The minimum atomic E-state index is -0.542. The zero-order valence-electron chi connectivity index (χ0n) is 22.8. The van der Waals surface area contributed by atoms with Crippen LogP contribution in [-0.4, -0.2) is 59.6 Å². The molecule has 2 heterocycles. The number of hydrogen-bond donors (Lipinski definition) is 2. The Bertz CT molecular complexity index is 1150. The van der Waals surface area contributed by atoms with Crippen molar-refractivity contribution in [1.29, 1.82) is 0 Å². The molecular weight excluding hydrogens is 511 g/mol. The van der Waals surface area contributed by atoms with Crippen molar-refractivity contribution in [2.75, 3.05) is 19.8 Å². The molecule has 0 saturated carbocycles. The lowest BCUT2D eigenvalue weighted by Gasteiger charge is -2.29. The van der Waals surface area contributed by atoms with Gasteiger partial charge in [0.15, 0.2) is 0 Å². The van der Waals surface area contributed by atoms with Crippen LogP contribution in [-0.2, 0) is 32.0 Å². The van der Waals surface area contributed by atoms with Gasteiger partial charge < -0.3 is 20.1 Å². The Labute approximate surface area is 235 Å². The minimum absolute atomic E-state index is 0.0185. The summed E-state index contributed by atoms with van der Waals surface area (Å²) in [5.41, 5.74) is 1.88. The number of nitrogens with zero attached hydrogens (tertiary/aromatic N) is 1. The fraction of sp³-hybridized carbons (Fsp3) is 0.469. The van der Waals surface area contributed by atoms with E-state index in [0.717, 1.165) is 24.0 Å². The number of carbonyl (C=O) groups is 3. The van der Waals surface area contributed by atoms with Gasteiger partial charge in [-0.3, -0.25) is 14.4 Å². The molecule has 40 heavy (non-hydrogen) atoms. The summed E-state index contributed by atoms with van der Waals surface area (Å²) < 4.78 is 19.1. The quantitative estimate of drug-likeness (QED) is 0.383. The van der Waals surface area contributed by atoms with Gasteiger partial charge in [-0.1, -0.05) is 54.6 Å². The lowest BCUT2D eigenvalue weighted by Crippen LogP contribution is -2.45. The van der Waals surface area contributed by atoms with E-state index in [0.29, 0.717) is 38.6 Å². The number of esters is 1. The smallest absolute Gasteiger partial charge is 0.309 e. The number of aliphatic hydroxyl groups is 1. The summed E-state index contributed by atoms with van der Waals surface area (Å²) >= 11 is 0. The van der Waals surface area contributed by atoms with E-state index in [1.54, 1.807) is 17.0 Å². The van der Waals surface area contributed by atoms with Crippen molar-refractivity contribution < 1.29 is 28.6 Å². The largest absolute Gasteiger partial charge is 0.463 e. The Morgan fingerprint density at radius 3 is 2.55 bits per heavy atom. The number of amides is 2. The normalized spacial score (nSPS) is 23.6. The maximum atomic E-state index is 13.6. The highest BCUT2D eigenvalue weighted by molar-refractivity contribution is 5.86. The van der Waals surface area contributed by atoms with Gasteiger partial charge in [-0.05, 0) is 68.2 Å². The fourth-order valence-corrected chi connectivity index (χ4v) is 5.56. The third kappa shape index (κ3) is 8.49. The minimum Gasteiger partial charge on any atom is -0.463 e. The number of nitrogens with one attached hydrogen (secondary N) is 1. The first kappa shape index (κ1) is 29.5. The van der Waals surface area contributed by atoms with E-state index in [4.69, 9.17) is 4.74 Å². The van der Waals surface area contributed by atoms with Crippen molar-refractivity contribution in [1.82, 2.24) is 10.2 Å². The SMILES string of the molecule is O=C(C[C@H]1C/C=C\CC[C@H](Cc2ccc(F)cc2)C(=O)OC[C@@H]2CCCN2C1=O)N[C@H](CO)Cc1ccccc1. The van der Waals surface area contributed by atoms with Crippen LogP contribution >= 0.6 is 0 Å². The highest BCUT2D eigenvalue weighted by atomic mass is 19.1. The van der Waals surface area contributed by atoms with Crippen LogP contribution in [0.15, 0.2) is 66.7 Å². The summed E-state index contributed by atoms with van der Waals surface area (Å²) in [5.74, 6) is -1.92. The Morgan fingerprint density at radius 2 is 1.80 bits per heavy atom. The molecule has 214 valence electrons. The van der Waals surface area contributed by atoms with Gasteiger partial charge in [0, 0.05) is 13.0 Å². The van der Waals surface area contributed by atoms with Crippen LogP contribution < -0.4 is 5.32 Å². The Balaban J connectivity index is 1.42. The zero-order chi connectivity index (χ0) is 28.3. The number of rotatable bonds is 8. The number of carbonyl (C=O) groups excluding carboxylic acids is 3. The Hall–Kier alpha value is -3.52. The zero-order valence-corrected chi connectivity index (χ0v) is 22.8. The number of halogens is 1. The molecule has 4 atom stereocenters. The van der Waals surface area contributed by atoms with Gasteiger partial charge in [0.2, 0.25) is 11.8 Å². The number of cyclic esters (lactones) is 1. The van der Waals surface area contributed by atoms with Crippen molar-refractivity contribution in [2.24, 2.45) is 11.8 Å². The molecule has 2 aliphatic rings. The molecule has 0 unspecified atom stereocenters. The van der Waals surface area contributed by atoms with Crippen LogP contribution in [0.1, 0.15) is 49.7 Å². The topological polar surface area (TPSA) is 95.9 Å². The molecule has 0 bridgehead atoms. The molecule has 0 radical (unpaired) electrons. The van der Waals surface area contributed by atoms with Gasteiger partial charge in [-0.25, -0.2) is 4.39 Å². The monoisotopic (exact) mass is 550 g/mol. The van der Waals surface area contributed by atoms with Crippen LogP contribution in [0.2, 0.25) is 0 Å². The summed E-state index contributed by atoms with van der Waals surface area (Å²) in [5, 5.41) is 12.7. The summed E-state index contributed by atoms with van der Waals surface area (Å²) in [4.78, 5) is 41.4. The second-order valence-electron chi connectivity index (χ2n) is 10.8. The number of benzene rings is 2. The molecule has 2 aromatic carbocycles. The fourth-order valence-electron chi connectivity index (χ4n) is 5.56. The molecule has 1 saturated heterocycles. The van der Waals surface area contributed by atoms with E-state index in [1.807, 2.05) is 42.5 Å². The number of aliphatic hydroxyl groups excluding tert-OH is 1. The van der Waals surface area contributed by atoms with Crippen molar-refractivity contribution in [3.05, 3.63) is 83.7 Å². The standard InChI is InChI=1S/C32H39FN2O5/c33-27-15-13-24(14-16-27)18-26-11-6-2-5-10-25(31(38)35-17-7-12-29(35)22-40-32(26)39)20-30(37)34-28(21-36)19-23-8-3-1-4-9-23/h1-5,8-9,13-16,25-26,28-29,36H,6-7,10-12,17-22H2,(H,34,37)/b5-2-/t25-,26-,28+,29+/m1/s1. The van der Waals surface area contributed by atoms with Gasteiger partial charge >= 0.3 is 5.97 Å². The first-order valence-corrected chi connectivity index (χ1v) is 14.2. The Morgan fingerprint density at radius 1 is 1.02 bits per heavy atom. The first-order chi connectivity index (χ1) is 19.4. The molecular formula is C32H39FN2O5. The maximum absolute atomic E-state index is 13.6. The summed E-state index contributed by atoms with van der Waals surface area (Å²) in [6.45, 7) is 0.494. The molecule has 1 fully saturated rings. The third-order valence-corrected chi connectivity index (χ3v) is 7.77. The van der Waals surface area contributed by atoms with Gasteiger partial charge in [0.25, 0.3) is 0 Å². The third-order valence-electron chi connectivity index (χ3n) is 7.77. The molecule has 2 amide bonds. The lowest BCUT2D eigenvalue weighted by atomic mass is 9.94. The van der Waals surface area contributed by atoms with Crippen LogP contribution in [0, 0.1) is 17.7 Å². The van der Waals surface area contributed by atoms with Gasteiger partial charge in [-0.15, -0.1) is 0 Å². The van der Waals surface area contributed by atoms with E-state index in [1.165, 1.54) is 12.1 Å². The summed E-state index contributed by atoms with van der Waals surface area (Å²) in [6.07, 6.45) is 7.99. The van der Waals surface area contributed by atoms with Crippen molar-refractivity contribution in [2.45, 2.75) is 63.5 Å². The highest BCUT2D eigenvalue weighted by Crippen LogP contribution is 2.25. The molecule has 4 rings (SSSR count). The van der Waals surface area contributed by atoms with Crippen molar-refractivity contribution in [3.8, 4) is 0 Å². The predicted octanol–water partition coefficient (Wildman–Crippen LogP) is 3.98. The van der Waals surface area contributed by atoms with E-state index in [-0.39, 0.29) is 55.2 Å². The average Bonchev–Trinajstić information content (AvgIpc) is 3.43. The molecule has 7 nitrogen and oxygen atoms in total. The lowest BCUT2D eigenvalue weighted by molar-refractivity contribution is -0.152. The van der Waals surface area contributed by atoms with Crippen LogP contribution in [0.3, 0.4) is 0 Å². The van der Waals surface area contributed by atoms with Gasteiger partial charge in [-0.2, -0.15) is 0 Å². The number of ether oxygens (including phenoxy) is 1. The van der Waals surface area contributed by atoms with Crippen LogP contribution in [0.4, 0.5) is 4.39 Å². The molecule has 8 heteroatoms. The predicted molar refractivity (Wildman–Crippen MR) is 150 cm³/mol. The second kappa shape index (κ2) is 14.7. The van der Waals surface area contributed by atoms with Gasteiger partial charge in [0.1, 0.15) is 12.4 Å². The number of allylic oxidation sites excluding steroid dienone is 2. The van der Waals surface area contributed by atoms with E-state index < -0.39 is 12.0 Å². The number of hydrogen-bond acceptors (Lipinski definition) is 5.